The molecule has 0 aliphatic rings. The highest BCUT2D eigenvalue weighted by molar-refractivity contribution is 6.11. The second-order valence-corrected chi connectivity index (χ2v) is 2.29. The maximum absolute atomic E-state index is 8.56. The molecule has 0 spiro atoms. The zero-order chi connectivity index (χ0) is 9.68. The van der Waals surface area contributed by atoms with Crippen molar-refractivity contribution in [3.05, 3.63) is 29.8 Å². The number of nitriles is 1. The lowest BCUT2D eigenvalue weighted by molar-refractivity contribution is 0.320. The van der Waals surface area contributed by atoms with E-state index in [-0.39, 0.29) is 5.71 Å². The van der Waals surface area contributed by atoms with Crippen LogP contribution in [0.25, 0.3) is 0 Å². The smallest absolute Gasteiger partial charge is 0.186 e. The van der Waals surface area contributed by atoms with Crippen LogP contribution in [0.3, 0.4) is 0 Å². The Morgan fingerprint density at radius 1 is 1.62 bits per heavy atom. The molecule has 66 valence electrons. The number of benzene rings is 1. The van der Waals surface area contributed by atoms with E-state index in [4.69, 9.17) is 15.2 Å². The summed E-state index contributed by atoms with van der Waals surface area (Å²) in [6.07, 6.45) is 0. The van der Waals surface area contributed by atoms with E-state index in [2.05, 4.69) is 5.16 Å². The molecule has 0 saturated heterocycles. The average molecular weight is 176 g/mol. The maximum Gasteiger partial charge on any atom is 0.186 e. The fourth-order valence-electron chi connectivity index (χ4n) is 0.915. The Balaban J connectivity index is 3.10. The Morgan fingerprint density at radius 3 is 2.92 bits per heavy atom. The van der Waals surface area contributed by atoms with Gasteiger partial charge in [0.1, 0.15) is 11.8 Å². The molecule has 0 radical (unpaired) electrons. The SMILES string of the molecule is COc1cccc(C(C#N)=NO)c1. The number of ether oxygens (including phenoxy) is 1. The molecule has 0 amide bonds. The topological polar surface area (TPSA) is 65.6 Å². The molecule has 0 aliphatic carbocycles. The van der Waals surface area contributed by atoms with E-state index >= 15 is 0 Å². The molecule has 0 aliphatic heterocycles. The molecule has 1 aromatic carbocycles. The first-order valence-corrected chi connectivity index (χ1v) is 3.58. The van der Waals surface area contributed by atoms with E-state index < -0.39 is 0 Å². The summed E-state index contributed by atoms with van der Waals surface area (Å²) >= 11 is 0. The van der Waals surface area contributed by atoms with Crippen molar-refractivity contribution >= 4 is 5.71 Å². The van der Waals surface area contributed by atoms with Crippen molar-refractivity contribution in [2.24, 2.45) is 5.16 Å². The van der Waals surface area contributed by atoms with Crippen molar-refractivity contribution in [2.75, 3.05) is 7.11 Å². The van der Waals surface area contributed by atoms with Gasteiger partial charge in [-0.2, -0.15) is 5.26 Å². The number of hydrogen-bond donors (Lipinski definition) is 1. The first-order valence-electron chi connectivity index (χ1n) is 3.58. The van der Waals surface area contributed by atoms with E-state index in [9.17, 15) is 0 Å². The molecule has 0 unspecified atom stereocenters. The zero-order valence-electron chi connectivity index (χ0n) is 7.06. The highest BCUT2D eigenvalue weighted by Gasteiger charge is 2.03. The fraction of sp³-hybridized carbons (Fsp3) is 0.111. The van der Waals surface area contributed by atoms with E-state index in [1.807, 2.05) is 0 Å². The van der Waals surface area contributed by atoms with E-state index in [1.165, 1.54) is 7.11 Å². The van der Waals surface area contributed by atoms with Gasteiger partial charge in [-0.05, 0) is 12.1 Å². The highest BCUT2D eigenvalue weighted by atomic mass is 16.5. The predicted octanol–water partition coefficient (Wildman–Crippen LogP) is 1.40. The third-order valence-electron chi connectivity index (χ3n) is 1.55. The van der Waals surface area contributed by atoms with Crippen molar-refractivity contribution in [3.63, 3.8) is 0 Å². The van der Waals surface area contributed by atoms with Gasteiger partial charge < -0.3 is 9.94 Å². The van der Waals surface area contributed by atoms with Gasteiger partial charge in [-0.1, -0.05) is 17.3 Å². The van der Waals surface area contributed by atoms with Gasteiger partial charge in [0.2, 0.25) is 0 Å². The molecular weight excluding hydrogens is 168 g/mol. The van der Waals surface area contributed by atoms with Crippen LogP contribution < -0.4 is 4.74 Å². The summed E-state index contributed by atoms with van der Waals surface area (Å²) in [5.74, 6) is 0.619. The molecule has 1 N–H and O–H groups in total. The minimum absolute atomic E-state index is 0.0288. The Morgan fingerprint density at radius 2 is 2.38 bits per heavy atom. The van der Waals surface area contributed by atoms with Crippen LogP contribution in [0, 0.1) is 11.3 Å². The van der Waals surface area contributed by atoms with E-state index in [0.29, 0.717) is 11.3 Å². The van der Waals surface area contributed by atoms with Gasteiger partial charge in [-0.25, -0.2) is 0 Å². The van der Waals surface area contributed by atoms with E-state index in [1.54, 1.807) is 30.3 Å². The van der Waals surface area contributed by atoms with Crippen molar-refractivity contribution in [1.29, 1.82) is 5.26 Å². The molecule has 0 aromatic heterocycles. The Kier molecular flexibility index (Phi) is 2.87. The summed E-state index contributed by atoms with van der Waals surface area (Å²) < 4.78 is 4.95. The number of methoxy groups -OCH3 is 1. The van der Waals surface area contributed by atoms with Crippen molar-refractivity contribution in [2.45, 2.75) is 0 Å². The minimum atomic E-state index is -0.0288. The van der Waals surface area contributed by atoms with Gasteiger partial charge in [0.25, 0.3) is 0 Å². The van der Waals surface area contributed by atoms with Crippen LogP contribution in [0.2, 0.25) is 0 Å². The predicted molar refractivity (Wildman–Crippen MR) is 46.9 cm³/mol. The molecule has 0 saturated carbocycles. The Bertz CT molecular complexity index is 366. The molecular formula is C9H8N2O2. The number of nitrogens with zero attached hydrogens (tertiary/aromatic N) is 2. The van der Waals surface area contributed by atoms with Crippen molar-refractivity contribution in [3.8, 4) is 11.8 Å². The van der Waals surface area contributed by atoms with Gasteiger partial charge in [-0.15, -0.1) is 0 Å². The summed E-state index contributed by atoms with van der Waals surface area (Å²) in [7, 11) is 1.53. The summed E-state index contributed by atoms with van der Waals surface area (Å²) in [6, 6.07) is 8.52. The van der Waals surface area contributed by atoms with Crippen molar-refractivity contribution < 1.29 is 9.94 Å². The summed E-state index contributed by atoms with van der Waals surface area (Å²) in [5.41, 5.74) is 0.503. The molecule has 4 heteroatoms. The standard InChI is InChI=1S/C9H8N2O2/c1-13-8-4-2-3-7(5-8)9(6-10)11-12/h2-5,12H,1H3. The molecule has 0 bridgehead atoms. The van der Waals surface area contributed by atoms with Gasteiger partial charge >= 0.3 is 0 Å². The molecule has 4 nitrogen and oxygen atoms in total. The summed E-state index contributed by atoms with van der Waals surface area (Å²) in [6.45, 7) is 0. The number of hydrogen-bond acceptors (Lipinski definition) is 4. The monoisotopic (exact) mass is 176 g/mol. The second-order valence-electron chi connectivity index (χ2n) is 2.29. The molecule has 0 fully saturated rings. The van der Waals surface area contributed by atoms with Gasteiger partial charge in [0.15, 0.2) is 5.71 Å². The third kappa shape index (κ3) is 1.97. The van der Waals surface area contributed by atoms with Gasteiger partial charge in [0, 0.05) is 5.56 Å². The number of rotatable bonds is 2. The fourth-order valence-corrected chi connectivity index (χ4v) is 0.915. The Labute approximate surface area is 75.7 Å². The lowest BCUT2D eigenvalue weighted by atomic mass is 10.1. The average Bonchev–Trinajstić information content (AvgIpc) is 2.20. The van der Waals surface area contributed by atoms with Crippen molar-refractivity contribution in [1.82, 2.24) is 0 Å². The van der Waals surface area contributed by atoms with Gasteiger partial charge in [0.05, 0.1) is 7.11 Å². The molecule has 0 atom stereocenters. The second kappa shape index (κ2) is 4.12. The summed E-state index contributed by atoms with van der Waals surface area (Å²) in [5, 5.41) is 19.9. The normalized spacial score (nSPS) is 10.6. The van der Waals surface area contributed by atoms with Gasteiger partial charge in [-0.3, -0.25) is 0 Å². The Hall–Kier alpha value is -2.02. The lowest BCUT2D eigenvalue weighted by Crippen LogP contribution is -1.97. The maximum atomic E-state index is 8.56. The summed E-state index contributed by atoms with van der Waals surface area (Å²) in [4.78, 5) is 0. The number of oxime groups is 1. The quantitative estimate of drug-likeness (QED) is 0.420. The van der Waals surface area contributed by atoms with Crippen LogP contribution in [0.5, 0.6) is 5.75 Å². The zero-order valence-corrected chi connectivity index (χ0v) is 7.06. The van der Waals surface area contributed by atoms with Crippen LogP contribution in [-0.4, -0.2) is 18.0 Å². The van der Waals surface area contributed by atoms with Crippen LogP contribution in [0.4, 0.5) is 0 Å². The highest BCUT2D eigenvalue weighted by Crippen LogP contribution is 2.12. The van der Waals surface area contributed by atoms with Crippen LogP contribution in [-0.2, 0) is 0 Å². The molecule has 1 aromatic rings. The third-order valence-corrected chi connectivity index (χ3v) is 1.55. The van der Waals surface area contributed by atoms with E-state index in [0.717, 1.165) is 0 Å². The lowest BCUT2D eigenvalue weighted by Gasteiger charge is -2.00. The van der Waals surface area contributed by atoms with Crippen LogP contribution in [0.1, 0.15) is 5.56 Å². The van der Waals surface area contributed by atoms with Crippen LogP contribution in [0.15, 0.2) is 29.4 Å². The first-order chi connectivity index (χ1) is 6.31. The first kappa shape index (κ1) is 9.07. The molecule has 1 rings (SSSR count). The molecule has 13 heavy (non-hydrogen) atoms. The largest absolute Gasteiger partial charge is 0.497 e. The molecule has 0 heterocycles. The minimum Gasteiger partial charge on any atom is -0.497 e. The van der Waals surface area contributed by atoms with Crippen LogP contribution >= 0.6 is 0 Å².